The molecule has 0 heterocycles. The Bertz CT molecular complexity index is 1010. The topological polar surface area (TPSA) is 182 Å². The van der Waals surface area contributed by atoms with E-state index in [-0.39, 0.29) is 26.1 Å². The van der Waals surface area contributed by atoms with E-state index in [1.807, 2.05) is 0 Å². The smallest absolute Gasteiger partial charge is 0.408 e. The highest BCUT2D eigenvalue weighted by atomic mass is 16.6. The molecule has 0 aliphatic carbocycles. The van der Waals surface area contributed by atoms with E-state index in [4.69, 9.17) is 18.9 Å². The fourth-order valence-corrected chi connectivity index (χ4v) is 4.73. The molecule has 0 aromatic heterocycles. The molecule has 0 rings (SSSR count). The van der Waals surface area contributed by atoms with Crippen molar-refractivity contribution >= 4 is 36.1 Å². The van der Waals surface area contributed by atoms with E-state index in [1.54, 1.807) is 41.5 Å². The van der Waals surface area contributed by atoms with E-state index >= 15 is 0 Å². The number of unbranched alkanes of at least 4 members (excludes halogenated alkanes) is 12. The molecular weight excluding hydrogens is 676 g/mol. The van der Waals surface area contributed by atoms with Crippen molar-refractivity contribution in [3.8, 4) is 0 Å². The SMILES string of the molecule is COC(=O)[C@H](COC(=O)CCCCCCCC/C=C/CCCCCCCCC(=O)OC[C@H](NC(=O)OC(C)(C)C)C(=O)OC)NC(=O)OC(C)(C)C. The van der Waals surface area contributed by atoms with Gasteiger partial charge in [-0.05, 0) is 80.1 Å². The van der Waals surface area contributed by atoms with E-state index in [2.05, 4.69) is 32.3 Å². The third kappa shape index (κ3) is 28.8. The van der Waals surface area contributed by atoms with Crippen molar-refractivity contribution in [2.75, 3.05) is 27.4 Å². The summed E-state index contributed by atoms with van der Waals surface area (Å²) in [6.45, 7) is 9.57. The molecule has 14 nitrogen and oxygen atoms in total. The molecule has 0 aliphatic rings. The van der Waals surface area contributed by atoms with Gasteiger partial charge in [0.25, 0.3) is 0 Å². The molecule has 0 fully saturated rings. The van der Waals surface area contributed by atoms with E-state index in [0.29, 0.717) is 12.8 Å². The van der Waals surface area contributed by atoms with Crippen LogP contribution in [0.25, 0.3) is 0 Å². The van der Waals surface area contributed by atoms with Crippen molar-refractivity contribution < 1.29 is 57.2 Å². The summed E-state index contributed by atoms with van der Waals surface area (Å²) in [5.41, 5.74) is -1.47. The summed E-state index contributed by atoms with van der Waals surface area (Å²) in [5.74, 6) is -2.30. The van der Waals surface area contributed by atoms with Crippen LogP contribution in [-0.2, 0) is 47.6 Å². The standard InChI is InChI=1S/C38H66N2O12/c1-37(2,3)51-35(45)39-29(33(43)47-7)27-49-31(41)25-23-21-19-17-15-13-11-9-10-12-14-16-18-20-22-24-26-32(42)50-28-30(34(44)48-8)40-36(46)52-38(4,5)6/h9-10,29-30H,11-28H2,1-8H3,(H,39,45)(H,40,46)/b10-9+/t29-,30-/m0/s1. The number of nitrogens with one attached hydrogen (secondary N) is 2. The second kappa shape index (κ2) is 27.8. The van der Waals surface area contributed by atoms with Crippen LogP contribution >= 0.6 is 0 Å². The van der Waals surface area contributed by atoms with Gasteiger partial charge in [-0.3, -0.25) is 9.59 Å². The van der Waals surface area contributed by atoms with E-state index in [1.165, 1.54) is 14.2 Å². The first kappa shape index (κ1) is 48.2. The van der Waals surface area contributed by atoms with E-state index < -0.39 is 59.3 Å². The first-order chi connectivity index (χ1) is 24.5. The number of hydrogen-bond donors (Lipinski definition) is 2. The molecular formula is C38H66N2O12. The van der Waals surface area contributed by atoms with Crippen molar-refractivity contribution in [3.63, 3.8) is 0 Å². The maximum absolute atomic E-state index is 12.1. The van der Waals surface area contributed by atoms with Gasteiger partial charge in [-0.1, -0.05) is 63.5 Å². The molecule has 2 N–H and O–H groups in total. The number of methoxy groups -OCH3 is 2. The zero-order chi connectivity index (χ0) is 39.4. The van der Waals surface area contributed by atoms with Crippen molar-refractivity contribution in [1.29, 1.82) is 0 Å². The van der Waals surface area contributed by atoms with Crippen LogP contribution in [0.5, 0.6) is 0 Å². The van der Waals surface area contributed by atoms with Crippen LogP contribution < -0.4 is 10.6 Å². The lowest BCUT2D eigenvalue weighted by molar-refractivity contribution is -0.152. The van der Waals surface area contributed by atoms with Crippen LogP contribution in [0.3, 0.4) is 0 Å². The van der Waals surface area contributed by atoms with Gasteiger partial charge in [-0.15, -0.1) is 0 Å². The van der Waals surface area contributed by atoms with Crippen LogP contribution in [0.2, 0.25) is 0 Å². The van der Waals surface area contributed by atoms with Gasteiger partial charge >= 0.3 is 36.1 Å². The van der Waals surface area contributed by atoms with Crippen molar-refractivity contribution in [1.82, 2.24) is 10.6 Å². The molecule has 0 saturated heterocycles. The maximum atomic E-state index is 12.1. The lowest BCUT2D eigenvalue weighted by atomic mass is 10.1. The number of ether oxygens (including phenoxy) is 6. The Morgan fingerprint density at radius 3 is 1.12 bits per heavy atom. The molecule has 0 spiro atoms. The molecule has 52 heavy (non-hydrogen) atoms. The van der Waals surface area contributed by atoms with Crippen molar-refractivity contribution in [3.05, 3.63) is 12.2 Å². The minimum Gasteiger partial charge on any atom is -0.467 e. The van der Waals surface area contributed by atoms with Gasteiger partial charge in [0.05, 0.1) is 14.2 Å². The van der Waals surface area contributed by atoms with Crippen LogP contribution in [0.4, 0.5) is 9.59 Å². The zero-order valence-electron chi connectivity index (χ0n) is 32.9. The van der Waals surface area contributed by atoms with Gasteiger partial charge in [0.15, 0.2) is 12.1 Å². The lowest BCUT2D eigenvalue weighted by Crippen LogP contribution is -2.47. The van der Waals surface area contributed by atoms with Gasteiger partial charge in [0, 0.05) is 12.8 Å². The molecule has 2 amide bonds. The van der Waals surface area contributed by atoms with Gasteiger partial charge in [-0.25, -0.2) is 19.2 Å². The molecule has 0 unspecified atom stereocenters. The van der Waals surface area contributed by atoms with Gasteiger partial charge in [0.1, 0.15) is 24.4 Å². The summed E-state index contributed by atoms with van der Waals surface area (Å²) in [6.07, 6.45) is 17.5. The molecule has 0 radical (unpaired) electrons. The number of amides is 2. The second-order valence-electron chi connectivity index (χ2n) is 14.6. The highest BCUT2D eigenvalue weighted by Gasteiger charge is 2.27. The first-order valence-corrected chi connectivity index (χ1v) is 18.6. The minimum atomic E-state index is -1.14. The summed E-state index contributed by atoms with van der Waals surface area (Å²) >= 11 is 0. The molecule has 0 aromatic rings. The fraction of sp³-hybridized carbons (Fsp3) is 0.789. The number of carbonyl (C=O) groups excluding carboxylic acids is 6. The highest BCUT2D eigenvalue weighted by molar-refractivity contribution is 5.82. The predicted molar refractivity (Wildman–Crippen MR) is 195 cm³/mol. The fourth-order valence-electron chi connectivity index (χ4n) is 4.73. The second-order valence-corrected chi connectivity index (χ2v) is 14.6. The quantitative estimate of drug-likeness (QED) is 0.0401. The third-order valence-corrected chi connectivity index (χ3v) is 7.35. The number of rotatable bonds is 26. The Hall–Kier alpha value is -3.84. The average molecular weight is 743 g/mol. The van der Waals surface area contributed by atoms with Gasteiger partial charge < -0.3 is 39.1 Å². The summed E-state index contributed by atoms with van der Waals surface area (Å²) in [6, 6.07) is -2.27. The molecule has 300 valence electrons. The molecule has 0 aromatic carbocycles. The van der Waals surface area contributed by atoms with E-state index in [0.717, 1.165) is 77.0 Å². The van der Waals surface area contributed by atoms with Crippen molar-refractivity contribution in [2.45, 2.75) is 168 Å². The van der Waals surface area contributed by atoms with Crippen LogP contribution in [0.15, 0.2) is 12.2 Å². The molecule has 0 aliphatic heterocycles. The summed E-state index contributed by atoms with van der Waals surface area (Å²) in [7, 11) is 2.38. The Labute approximate surface area is 310 Å². The molecule has 0 saturated carbocycles. The number of carbonyl (C=O) groups is 6. The normalized spacial score (nSPS) is 12.7. The Morgan fingerprint density at radius 1 is 0.500 bits per heavy atom. The molecule has 2 atom stereocenters. The van der Waals surface area contributed by atoms with Gasteiger partial charge in [0.2, 0.25) is 0 Å². The average Bonchev–Trinajstić information content (AvgIpc) is 3.05. The third-order valence-electron chi connectivity index (χ3n) is 7.35. The number of allylic oxidation sites excluding steroid dienone is 2. The zero-order valence-corrected chi connectivity index (χ0v) is 32.9. The van der Waals surface area contributed by atoms with Crippen LogP contribution in [0.1, 0.15) is 144 Å². The summed E-state index contributed by atoms with van der Waals surface area (Å²) in [4.78, 5) is 72.0. The van der Waals surface area contributed by atoms with Crippen molar-refractivity contribution in [2.24, 2.45) is 0 Å². The summed E-state index contributed by atoms with van der Waals surface area (Å²) < 4.78 is 30.0. The van der Waals surface area contributed by atoms with Gasteiger partial charge in [-0.2, -0.15) is 0 Å². The van der Waals surface area contributed by atoms with Crippen LogP contribution in [-0.4, -0.2) is 86.8 Å². The maximum Gasteiger partial charge on any atom is 0.408 e. The van der Waals surface area contributed by atoms with E-state index in [9.17, 15) is 28.8 Å². The Morgan fingerprint density at radius 2 is 0.808 bits per heavy atom. The van der Waals surface area contributed by atoms with Crippen LogP contribution in [0, 0.1) is 0 Å². The Kier molecular flexibility index (Phi) is 25.7. The summed E-state index contributed by atoms with van der Waals surface area (Å²) in [5, 5.41) is 4.75. The molecule has 0 bridgehead atoms. The molecule has 14 heteroatoms. The minimum absolute atomic E-state index is 0.246. The Balaban J connectivity index is 3.82. The first-order valence-electron chi connectivity index (χ1n) is 18.6. The number of hydrogen-bond acceptors (Lipinski definition) is 12. The number of esters is 4. The predicted octanol–water partition coefficient (Wildman–Crippen LogP) is 7.00. The number of alkyl carbamates (subject to hydrolysis) is 2. The highest BCUT2D eigenvalue weighted by Crippen LogP contribution is 2.13. The monoisotopic (exact) mass is 742 g/mol. The lowest BCUT2D eigenvalue weighted by Gasteiger charge is -2.22. The largest absolute Gasteiger partial charge is 0.467 e.